The summed E-state index contributed by atoms with van der Waals surface area (Å²) in [4.78, 5) is 12.8. The maximum atomic E-state index is 10.7. The number of anilines is 1. The van der Waals surface area contributed by atoms with E-state index in [0.717, 1.165) is 12.2 Å². The quantitative estimate of drug-likeness (QED) is 0.762. The molecule has 5 nitrogen and oxygen atoms in total. The van der Waals surface area contributed by atoms with Gasteiger partial charge in [-0.3, -0.25) is 0 Å². The summed E-state index contributed by atoms with van der Waals surface area (Å²) in [7, 11) is 0. The third-order valence-electron chi connectivity index (χ3n) is 2.57. The number of hydrogen-bond donors (Lipinski definition) is 2. The Bertz CT molecular complexity index is 377. The molecule has 1 fully saturated rings. The first-order chi connectivity index (χ1) is 7.66. The first-order valence-electron chi connectivity index (χ1n) is 5.12. The molecule has 86 valence electrons. The fourth-order valence-corrected chi connectivity index (χ4v) is 1.72. The van der Waals surface area contributed by atoms with Crippen LogP contribution in [0.2, 0.25) is 0 Å². The topological polar surface area (TPSA) is 75.8 Å². The van der Waals surface area contributed by atoms with Gasteiger partial charge in [-0.1, -0.05) is 0 Å². The van der Waals surface area contributed by atoms with E-state index in [4.69, 9.17) is 15.6 Å². The third-order valence-corrected chi connectivity index (χ3v) is 2.57. The monoisotopic (exact) mass is 222 g/mol. The van der Waals surface area contributed by atoms with Gasteiger partial charge in [-0.05, 0) is 24.3 Å². The second-order valence-electron chi connectivity index (χ2n) is 3.71. The van der Waals surface area contributed by atoms with Gasteiger partial charge in [0.2, 0.25) is 0 Å². The molecule has 5 heteroatoms. The minimum atomic E-state index is -0.912. The van der Waals surface area contributed by atoms with E-state index in [1.54, 1.807) is 24.3 Å². The van der Waals surface area contributed by atoms with Gasteiger partial charge < -0.3 is 20.5 Å². The van der Waals surface area contributed by atoms with Crippen molar-refractivity contribution in [1.82, 2.24) is 0 Å². The molecule has 2 rings (SSSR count). The number of morpholine rings is 1. The summed E-state index contributed by atoms with van der Waals surface area (Å²) in [6, 6.07) is 6.78. The summed E-state index contributed by atoms with van der Waals surface area (Å²) in [6.07, 6.45) is -0.270. The largest absolute Gasteiger partial charge is 0.478 e. The van der Waals surface area contributed by atoms with E-state index in [-0.39, 0.29) is 6.23 Å². The van der Waals surface area contributed by atoms with Crippen LogP contribution in [0.3, 0.4) is 0 Å². The van der Waals surface area contributed by atoms with Crippen LogP contribution in [0.15, 0.2) is 24.3 Å². The lowest BCUT2D eigenvalue weighted by molar-refractivity contribution is 0.0451. The average molecular weight is 222 g/mol. The van der Waals surface area contributed by atoms with Gasteiger partial charge in [0.15, 0.2) is 0 Å². The van der Waals surface area contributed by atoms with Gasteiger partial charge in [0, 0.05) is 12.2 Å². The first-order valence-corrected chi connectivity index (χ1v) is 5.12. The highest BCUT2D eigenvalue weighted by Crippen LogP contribution is 2.17. The minimum Gasteiger partial charge on any atom is -0.478 e. The molecule has 1 unspecified atom stereocenters. The first kappa shape index (κ1) is 10.9. The predicted molar refractivity (Wildman–Crippen MR) is 59.5 cm³/mol. The highest BCUT2D eigenvalue weighted by atomic mass is 16.5. The second-order valence-corrected chi connectivity index (χ2v) is 3.71. The maximum Gasteiger partial charge on any atom is 0.335 e. The summed E-state index contributed by atoms with van der Waals surface area (Å²) < 4.78 is 5.23. The lowest BCUT2D eigenvalue weighted by atomic mass is 10.2. The van der Waals surface area contributed by atoms with Crippen LogP contribution in [0.25, 0.3) is 0 Å². The number of ether oxygens (including phenoxy) is 1. The van der Waals surface area contributed by atoms with E-state index in [2.05, 4.69) is 4.90 Å². The Labute approximate surface area is 93.4 Å². The zero-order valence-electron chi connectivity index (χ0n) is 8.80. The molecule has 0 aromatic heterocycles. The number of benzene rings is 1. The minimum absolute atomic E-state index is 0.270. The standard InChI is InChI=1S/C11H14N2O3/c12-10-7-13(5-6-16-10)9-3-1-8(2-4-9)11(14)15/h1-4,10H,5-7,12H2,(H,14,15). The van der Waals surface area contributed by atoms with Crippen LogP contribution in [0.1, 0.15) is 10.4 Å². The van der Waals surface area contributed by atoms with Crippen LogP contribution < -0.4 is 10.6 Å². The molecule has 0 saturated carbocycles. The van der Waals surface area contributed by atoms with Crippen molar-refractivity contribution in [3.05, 3.63) is 29.8 Å². The van der Waals surface area contributed by atoms with Crippen molar-refractivity contribution < 1.29 is 14.6 Å². The molecule has 0 amide bonds. The van der Waals surface area contributed by atoms with Crippen LogP contribution in [-0.4, -0.2) is 37.0 Å². The predicted octanol–water partition coefficient (Wildman–Crippen LogP) is 0.506. The lowest BCUT2D eigenvalue weighted by Gasteiger charge is -2.32. The Morgan fingerprint density at radius 1 is 1.44 bits per heavy atom. The molecule has 3 N–H and O–H groups in total. The zero-order chi connectivity index (χ0) is 11.5. The van der Waals surface area contributed by atoms with Crippen molar-refractivity contribution in [3.8, 4) is 0 Å². The Morgan fingerprint density at radius 2 is 2.12 bits per heavy atom. The van der Waals surface area contributed by atoms with Crippen molar-refractivity contribution in [3.63, 3.8) is 0 Å². The van der Waals surface area contributed by atoms with Gasteiger partial charge in [-0.25, -0.2) is 4.79 Å². The summed E-state index contributed by atoms with van der Waals surface area (Å²) in [5, 5.41) is 8.77. The van der Waals surface area contributed by atoms with Crippen molar-refractivity contribution >= 4 is 11.7 Å². The summed E-state index contributed by atoms with van der Waals surface area (Å²) >= 11 is 0. The Hall–Kier alpha value is -1.59. The smallest absolute Gasteiger partial charge is 0.335 e. The molecule has 1 aliphatic rings. The fourth-order valence-electron chi connectivity index (χ4n) is 1.72. The van der Waals surface area contributed by atoms with Gasteiger partial charge in [0.05, 0.1) is 18.7 Å². The van der Waals surface area contributed by atoms with E-state index < -0.39 is 5.97 Å². The number of carboxylic acids is 1. The SMILES string of the molecule is NC1CN(c2ccc(C(=O)O)cc2)CCO1. The maximum absolute atomic E-state index is 10.7. The van der Waals surface area contributed by atoms with Gasteiger partial charge >= 0.3 is 5.97 Å². The molecule has 0 bridgehead atoms. The van der Waals surface area contributed by atoms with Crippen LogP contribution in [0.5, 0.6) is 0 Å². The number of hydrogen-bond acceptors (Lipinski definition) is 4. The van der Waals surface area contributed by atoms with Crippen molar-refractivity contribution in [1.29, 1.82) is 0 Å². The molecular weight excluding hydrogens is 208 g/mol. The molecule has 0 radical (unpaired) electrons. The Kier molecular flexibility index (Phi) is 3.07. The number of nitrogens with two attached hydrogens (primary N) is 1. The van der Waals surface area contributed by atoms with Crippen LogP contribution >= 0.6 is 0 Å². The highest BCUT2D eigenvalue weighted by Gasteiger charge is 2.17. The Morgan fingerprint density at radius 3 is 2.69 bits per heavy atom. The number of nitrogens with zero attached hydrogens (tertiary/aromatic N) is 1. The van der Waals surface area contributed by atoms with Crippen molar-refractivity contribution in [2.24, 2.45) is 5.73 Å². The van der Waals surface area contributed by atoms with E-state index in [1.165, 1.54) is 0 Å². The molecule has 0 spiro atoms. The summed E-state index contributed by atoms with van der Waals surface area (Å²) in [5.41, 5.74) is 6.95. The molecular formula is C11H14N2O3. The number of carboxylic acid groups (broad SMARTS) is 1. The van der Waals surface area contributed by atoms with Gasteiger partial charge in [-0.2, -0.15) is 0 Å². The fraction of sp³-hybridized carbons (Fsp3) is 0.364. The molecule has 1 aliphatic heterocycles. The van der Waals surface area contributed by atoms with Crippen molar-refractivity contribution in [2.75, 3.05) is 24.6 Å². The van der Waals surface area contributed by atoms with Crippen LogP contribution in [-0.2, 0) is 4.74 Å². The summed E-state index contributed by atoms with van der Waals surface area (Å²) in [6.45, 7) is 2.01. The van der Waals surface area contributed by atoms with E-state index in [0.29, 0.717) is 18.7 Å². The van der Waals surface area contributed by atoms with Gasteiger partial charge in [-0.15, -0.1) is 0 Å². The van der Waals surface area contributed by atoms with E-state index in [1.807, 2.05) is 0 Å². The molecule has 16 heavy (non-hydrogen) atoms. The molecule has 1 aromatic carbocycles. The van der Waals surface area contributed by atoms with Gasteiger partial charge in [0.1, 0.15) is 6.23 Å². The Balaban J connectivity index is 2.11. The summed E-state index contributed by atoms with van der Waals surface area (Å²) in [5.74, 6) is -0.912. The van der Waals surface area contributed by atoms with Crippen LogP contribution in [0.4, 0.5) is 5.69 Å². The van der Waals surface area contributed by atoms with Crippen LogP contribution in [0, 0.1) is 0 Å². The third kappa shape index (κ3) is 2.32. The number of rotatable bonds is 2. The molecule has 1 atom stereocenters. The second kappa shape index (κ2) is 4.51. The highest BCUT2D eigenvalue weighted by molar-refractivity contribution is 5.88. The zero-order valence-corrected chi connectivity index (χ0v) is 8.80. The average Bonchev–Trinajstić information content (AvgIpc) is 2.29. The van der Waals surface area contributed by atoms with Gasteiger partial charge in [0.25, 0.3) is 0 Å². The van der Waals surface area contributed by atoms with Crippen molar-refractivity contribution in [2.45, 2.75) is 6.23 Å². The normalized spacial score (nSPS) is 20.8. The number of aromatic carboxylic acids is 1. The van der Waals surface area contributed by atoms with E-state index >= 15 is 0 Å². The molecule has 1 saturated heterocycles. The number of carbonyl (C=O) groups is 1. The molecule has 0 aliphatic carbocycles. The molecule has 1 heterocycles. The lowest BCUT2D eigenvalue weighted by Crippen LogP contribution is -2.46. The van der Waals surface area contributed by atoms with E-state index in [9.17, 15) is 4.79 Å². The molecule has 1 aromatic rings.